The first kappa shape index (κ1) is 15.3. The maximum atomic E-state index is 10.0. The largest absolute Gasteiger partial charge is 0.491 e. The molecule has 0 saturated carbocycles. The number of β-amino-alcohol motifs (C(OH)–C–C–N with tert-alkyl or cyclic N) is 1. The fraction of sp³-hybridized carbons (Fsp3) is 0.625. The van der Waals surface area contributed by atoms with Gasteiger partial charge in [0.25, 0.3) is 0 Å². The van der Waals surface area contributed by atoms with Gasteiger partial charge in [0.2, 0.25) is 0 Å². The molecule has 0 radical (unpaired) electrons. The van der Waals surface area contributed by atoms with Gasteiger partial charge in [-0.05, 0) is 24.1 Å². The van der Waals surface area contributed by atoms with E-state index in [0.29, 0.717) is 13.2 Å². The summed E-state index contributed by atoms with van der Waals surface area (Å²) in [4.78, 5) is 2.27. The Labute approximate surface area is 121 Å². The van der Waals surface area contributed by atoms with E-state index in [2.05, 4.69) is 29.3 Å². The fourth-order valence-corrected chi connectivity index (χ4v) is 2.48. The van der Waals surface area contributed by atoms with E-state index >= 15 is 0 Å². The van der Waals surface area contributed by atoms with Gasteiger partial charge >= 0.3 is 0 Å². The number of hydrogen-bond donors (Lipinski definition) is 2. The molecule has 112 valence electrons. The zero-order valence-electron chi connectivity index (χ0n) is 12.3. The highest BCUT2D eigenvalue weighted by atomic mass is 16.5. The van der Waals surface area contributed by atoms with Gasteiger partial charge in [-0.2, -0.15) is 0 Å². The molecule has 0 aliphatic carbocycles. The molecule has 2 N–H and O–H groups in total. The molecule has 0 spiro atoms. The van der Waals surface area contributed by atoms with Crippen molar-refractivity contribution in [3.63, 3.8) is 0 Å². The van der Waals surface area contributed by atoms with Crippen LogP contribution in [0.15, 0.2) is 24.3 Å². The third kappa shape index (κ3) is 5.12. The van der Waals surface area contributed by atoms with Gasteiger partial charge < -0.3 is 15.2 Å². The molecule has 0 bridgehead atoms. The monoisotopic (exact) mass is 278 g/mol. The highest BCUT2D eigenvalue weighted by molar-refractivity contribution is 5.27. The molecule has 0 amide bonds. The normalized spacial score (nSPS) is 17.9. The quantitative estimate of drug-likeness (QED) is 0.789. The number of benzene rings is 1. The van der Waals surface area contributed by atoms with E-state index in [4.69, 9.17) is 4.74 Å². The number of hydrogen-bond acceptors (Lipinski definition) is 4. The van der Waals surface area contributed by atoms with Crippen molar-refractivity contribution in [1.82, 2.24) is 10.2 Å². The molecule has 0 aromatic heterocycles. The minimum Gasteiger partial charge on any atom is -0.491 e. The number of ether oxygens (including phenoxy) is 1. The zero-order valence-corrected chi connectivity index (χ0v) is 12.3. The minimum absolute atomic E-state index is 0.358. The number of nitrogens with one attached hydrogen (secondary N) is 1. The first-order chi connectivity index (χ1) is 9.78. The van der Waals surface area contributed by atoms with Gasteiger partial charge in [0.1, 0.15) is 18.5 Å². The highest BCUT2D eigenvalue weighted by Crippen LogP contribution is 2.13. The van der Waals surface area contributed by atoms with Crippen LogP contribution in [0.5, 0.6) is 5.75 Å². The molecule has 1 fully saturated rings. The molecule has 1 unspecified atom stereocenters. The third-order valence-corrected chi connectivity index (χ3v) is 3.58. The molecule has 1 aliphatic heterocycles. The lowest BCUT2D eigenvalue weighted by Gasteiger charge is -2.29. The van der Waals surface area contributed by atoms with Crippen LogP contribution in [0, 0.1) is 0 Å². The summed E-state index contributed by atoms with van der Waals surface area (Å²) in [6.07, 6.45) is 1.83. The molecule has 1 saturated heterocycles. The predicted octanol–water partition coefficient (Wildman–Crippen LogP) is 1.28. The Morgan fingerprint density at radius 2 is 1.95 bits per heavy atom. The molecule has 1 aromatic rings. The van der Waals surface area contributed by atoms with E-state index in [1.54, 1.807) is 0 Å². The Bertz CT molecular complexity index is 375. The summed E-state index contributed by atoms with van der Waals surface area (Å²) < 4.78 is 5.65. The lowest BCUT2D eigenvalue weighted by Crippen LogP contribution is -2.47. The number of aliphatic hydroxyl groups excluding tert-OH is 1. The summed E-state index contributed by atoms with van der Waals surface area (Å²) in [5, 5.41) is 13.3. The second-order valence-corrected chi connectivity index (χ2v) is 5.41. The fourth-order valence-electron chi connectivity index (χ4n) is 2.48. The summed E-state index contributed by atoms with van der Waals surface area (Å²) in [5.41, 5.74) is 1.33. The van der Waals surface area contributed by atoms with E-state index in [1.165, 1.54) is 5.56 Å². The number of aliphatic hydroxyl groups is 1. The van der Waals surface area contributed by atoms with E-state index in [1.807, 2.05) is 12.1 Å². The first-order valence-electron chi connectivity index (χ1n) is 7.61. The van der Waals surface area contributed by atoms with Crippen molar-refractivity contribution >= 4 is 0 Å². The summed E-state index contributed by atoms with van der Waals surface area (Å²) >= 11 is 0. The van der Waals surface area contributed by atoms with Crippen LogP contribution in [-0.2, 0) is 6.42 Å². The van der Waals surface area contributed by atoms with Crippen molar-refractivity contribution < 1.29 is 9.84 Å². The average Bonchev–Trinajstić information content (AvgIpc) is 2.48. The molecule has 4 nitrogen and oxygen atoms in total. The number of rotatable bonds is 7. The van der Waals surface area contributed by atoms with E-state index < -0.39 is 6.10 Å². The van der Waals surface area contributed by atoms with Crippen molar-refractivity contribution in [2.45, 2.75) is 25.9 Å². The Balaban J connectivity index is 1.70. The van der Waals surface area contributed by atoms with Crippen LogP contribution in [-0.4, -0.2) is 55.4 Å². The summed E-state index contributed by atoms with van der Waals surface area (Å²) in [6.45, 7) is 7.24. The van der Waals surface area contributed by atoms with Crippen molar-refractivity contribution in [2.75, 3.05) is 39.3 Å². The molecule has 1 aliphatic rings. The Morgan fingerprint density at radius 1 is 1.25 bits per heavy atom. The van der Waals surface area contributed by atoms with Gasteiger partial charge in [-0.25, -0.2) is 0 Å². The van der Waals surface area contributed by atoms with Crippen LogP contribution < -0.4 is 10.1 Å². The molecule has 20 heavy (non-hydrogen) atoms. The number of piperazine rings is 1. The van der Waals surface area contributed by atoms with Crippen LogP contribution in [0.2, 0.25) is 0 Å². The Hall–Kier alpha value is -1.10. The summed E-state index contributed by atoms with van der Waals surface area (Å²) in [5.74, 6) is 0.837. The lowest BCUT2D eigenvalue weighted by molar-refractivity contribution is 0.0641. The molecule has 4 heteroatoms. The molecule has 2 rings (SSSR count). The first-order valence-corrected chi connectivity index (χ1v) is 7.61. The van der Waals surface area contributed by atoms with Gasteiger partial charge in [0.15, 0.2) is 0 Å². The minimum atomic E-state index is -0.427. The Kier molecular flexibility index (Phi) is 6.30. The molecular formula is C16H26N2O2. The topological polar surface area (TPSA) is 44.7 Å². The SMILES string of the molecule is CCCc1ccc(OCC(O)CN2CCNCC2)cc1. The van der Waals surface area contributed by atoms with E-state index in [-0.39, 0.29) is 0 Å². The van der Waals surface area contributed by atoms with E-state index in [9.17, 15) is 5.11 Å². The van der Waals surface area contributed by atoms with Crippen molar-refractivity contribution in [3.8, 4) is 5.75 Å². The number of nitrogens with zero attached hydrogens (tertiary/aromatic N) is 1. The van der Waals surface area contributed by atoms with Gasteiger partial charge in [-0.3, -0.25) is 4.90 Å². The lowest BCUT2D eigenvalue weighted by atomic mass is 10.1. The van der Waals surface area contributed by atoms with E-state index in [0.717, 1.165) is 44.8 Å². The summed E-state index contributed by atoms with van der Waals surface area (Å²) in [6, 6.07) is 8.17. The molecule has 1 aromatic carbocycles. The van der Waals surface area contributed by atoms with Crippen LogP contribution in [0.1, 0.15) is 18.9 Å². The van der Waals surface area contributed by atoms with Crippen LogP contribution in [0.3, 0.4) is 0 Å². The maximum absolute atomic E-state index is 10.0. The average molecular weight is 278 g/mol. The van der Waals surface area contributed by atoms with Crippen molar-refractivity contribution in [3.05, 3.63) is 29.8 Å². The second-order valence-electron chi connectivity index (χ2n) is 5.41. The predicted molar refractivity (Wildman–Crippen MR) is 81.2 cm³/mol. The van der Waals surface area contributed by atoms with Crippen molar-refractivity contribution in [2.24, 2.45) is 0 Å². The molecule has 1 heterocycles. The van der Waals surface area contributed by atoms with Crippen LogP contribution in [0.25, 0.3) is 0 Å². The van der Waals surface area contributed by atoms with Gasteiger partial charge in [0.05, 0.1) is 0 Å². The Morgan fingerprint density at radius 3 is 2.60 bits per heavy atom. The molecule has 1 atom stereocenters. The molecular weight excluding hydrogens is 252 g/mol. The highest BCUT2D eigenvalue weighted by Gasteiger charge is 2.14. The van der Waals surface area contributed by atoms with Crippen molar-refractivity contribution in [1.29, 1.82) is 0 Å². The van der Waals surface area contributed by atoms with Gasteiger partial charge in [0, 0.05) is 32.7 Å². The maximum Gasteiger partial charge on any atom is 0.119 e. The third-order valence-electron chi connectivity index (χ3n) is 3.58. The smallest absolute Gasteiger partial charge is 0.119 e. The van der Waals surface area contributed by atoms with Crippen LogP contribution in [0.4, 0.5) is 0 Å². The van der Waals surface area contributed by atoms with Gasteiger partial charge in [-0.1, -0.05) is 25.5 Å². The standard InChI is InChI=1S/C16H26N2O2/c1-2-3-14-4-6-16(7-5-14)20-13-15(19)12-18-10-8-17-9-11-18/h4-7,15,17,19H,2-3,8-13H2,1H3. The van der Waals surface area contributed by atoms with Crippen LogP contribution >= 0.6 is 0 Å². The second kappa shape index (κ2) is 8.25. The van der Waals surface area contributed by atoms with Gasteiger partial charge in [-0.15, -0.1) is 0 Å². The summed E-state index contributed by atoms with van der Waals surface area (Å²) in [7, 11) is 0. The zero-order chi connectivity index (χ0) is 14.2. The number of aryl methyl sites for hydroxylation is 1.